The van der Waals surface area contributed by atoms with Gasteiger partial charge in [-0.1, -0.05) is 29.8 Å². The van der Waals surface area contributed by atoms with Gasteiger partial charge in [-0.25, -0.2) is 4.79 Å². The summed E-state index contributed by atoms with van der Waals surface area (Å²) >= 11 is 5.80. The molecule has 1 N–H and O–H groups in total. The van der Waals surface area contributed by atoms with Crippen LogP contribution in [0.2, 0.25) is 5.02 Å². The smallest absolute Gasteiger partial charge is 0.330 e. The minimum atomic E-state index is -0.798. The number of halogens is 1. The lowest BCUT2D eigenvalue weighted by Gasteiger charge is -2.12. The van der Waals surface area contributed by atoms with Crippen LogP contribution < -0.4 is 0 Å². The summed E-state index contributed by atoms with van der Waals surface area (Å²) in [6.45, 7) is 3.86. The zero-order valence-corrected chi connectivity index (χ0v) is 11.7. The number of ether oxygens (including phenoxy) is 1. The van der Waals surface area contributed by atoms with E-state index in [-0.39, 0.29) is 0 Å². The molecule has 0 spiro atoms. The van der Waals surface area contributed by atoms with Gasteiger partial charge in [-0.15, -0.1) is 0 Å². The third-order valence-electron chi connectivity index (χ3n) is 2.53. The van der Waals surface area contributed by atoms with Crippen molar-refractivity contribution in [2.24, 2.45) is 0 Å². The largest absolute Gasteiger partial charge is 0.463 e. The van der Waals surface area contributed by atoms with Gasteiger partial charge >= 0.3 is 5.97 Å². The molecule has 102 valence electrons. The monoisotopic (exact) mass is 280 g/mol. The zero-order valence-electron chi connectivity index (χ0n) is 11.0. The molecule has 0 saturated carbocycles. The van der Waals surface area contributed by atoms with Gasteiger partial charge in [-0.2, -0.15) is 0 Å². The molecule has 1 unspecified atom stereocenters. The normalized spacial score (nSPS) is 13.6. The van der Waals surface area contributed by atoms with Crippen molar-refractivity contribution in [2.45, 2.75) is 20.0 Å². The van der Waals surface area contributed by atoms with E-state index in [1.165, 1.54) is 6.08 Å². The molecule has 0 amide bonds. The van der Waals surface area contributed by atoms with Crippen molar-refractivity contribution in [3.8, 4) is 0 Å². The minimum Gasteiger partial charge on any atom is -0.463 e. The average molecular weight is 281 g/mol. The second-order valence-corrected chi connectivity index (χ2v) is 4.26. The number of allylic oxidation sites excluding steroid dienone is 1. The average Bonchev–Trinajstić information content (AvgIpc) is 2.40. The van der Waals surface area contributed by atoms with Crippen LogP contribution in [-0.4, -0.2) is 17.7 Å². The van der Waals surface area contributed by atoms with E-state index in [0.29, 0.717) is 22.8 Å². The maximum atomic E-state index is 11.2. The molecule has 1 aromatic rings. The Hall–Kier alpha value is -1.58. The van der Waals surface area contributed by atoms with Crippen LogP contribution >= 0.6 is 11.6 Å². The van der Waals surface area contributed by atoms with Crippen LogP contribution in [0.5, 0.6) is 0 Å². The fraction of sp³-hybridized carbons (Fsp3) is 0.267. The van der Waals surface area contributed by atoms with Crippen LogP contribution in [0.4, 0.5) is 0 Å². The van der Waals surface area contributed by atoms with E-state index in [9.17, 15) is 9.90 Å². The number of rotatable bonds is 5. The highest BCUT2D eigenvalue weighted by Crippen LogP contribution is 2.23. The van der Waals surface area contributed by atoms with Crippen LogP contribution in [0, 0.1) is 0 Å². The Labute approximate surface area is 118 Å². The van der Waals surface area contributed by atoms with Gasteiger partial charge < -0.3 is 9.84 Å². The fourth-order valence-electron chi connectivity index (χ4n) is 1.54. The summed E-state index contributed by atoms with van der Waals surface area (Å²) in [5, 5.41) is 10.8. The lowest BCUT2D eigenvalue weighted by atomic mass is 10.0. The number of aliphatic hydroxyl groups excluding tert-OH is 1. The fourth-order valence-corrected chi connectivity index (χ4v) is 1.66. The molecule has 0 aliphatic heterocycles. The molecule has 0 aliphatic rings. The Bertz CT molecular complexity index is 475. The molecule has 0 fully saturated rings. The molecule has 0 heterocycles. The van der Waals surface area contributed by atoms with E-state index in [4.69, 9.17) is 16.3 Å². The van der Waals surface area contributed by atoms with E-state index in [0.717, 1.165) is 0 Å². The molecule has 0 aromatic heterocycles. The third-order valence-corrected chi connectivity index (χ3v) is 2.79. The summed E-state index contributed by atoms with van der Waals surface area (Å²) in [4.78, 5) is 11.2. The summed E-state index contributed by atoms with van der Waals surface area (Å²) in [6.07, 6.45) is 3.80. The molecule has 1 atom stereocenters. The van der Waals surface area contributed by atoms with Crippen LogP contribution in [0.3, 0.4) is 0 Å². The van der Waals surface area contributed by atoms with Gasteiger partial charge in [0.2, 0.25) is 0 Å². The number of carbonyl (C=O) groups is 1. The highest BCUT2D eigenvalue weighted by molar-refractivity contribution is 6.30. The maximum Gasteiger partial charge on any atom is 0.330 e. The topological polar surface area (TPSA) is 46.5 Å². The van der Waals surface area contributed by atoms with Crippen LogP contribution in [-0.2, 0) is 9.53 Å². The van der Waals surface area contributed by atoms with Gasteiger partial charge in [-0.3, -0.25) is 0 Å². The number of aliphatic hydroxyl groups is 1. The Morgan fingerprint density at radius 1 is 1.37 bits per heavy atom. The van der Waals surface area contributed by atoms with Gasteiger partial charge in [0.15, 0.2) is 0 Å². The first-order valence-corrected chi connectivity index (χ1v) is 6.40. The Kier molecular flexibility index (Phi) is 6.33. The minimum absolute atomic E-state index is 0.327. The summed E-state index contributed by atoms with van der Waals surface area (Å²) in [5.74, 6) is -0.426. The van der Waals surface area contributed by atoms with Crippen molar-refractivity contribution in [1.82, 2.24) is 0 Å². The standard InChI is InChI=1S/C15H17ClO3/c1-3-11(7-10-14(17)19-4-2)15(18)12-5-8-13(16)9-6-12/h3,5-10,15,18H,4H2,1-2H3/b10-7+,11-3+. The zero-order chi connectivity index (χ0) is 14.3. The lowest BCUT2D eigenvalue weighted by Crippen LogP contribution is -2.02. The molecule has 0 radical (unpaired) electrons. The quantitative estimate of drug-likeness (QED) is 0.510. The lowest BCUT2D eigenvalue weighted by molar-refractivity contribution is -0.137. The predicted molar refractivity (Wildman–Crippen MR) is 75.9 cm³/mol. The number of hydrogen-bond donors (Lipinski definition) is 1. The van der Waals surface area contributed by atoms with Crippen molar-refractivity contribution in [3.63, 3.8) is 0 Å². The highest BCUT2D eigenvalue weighted by Gasteiger charge is 2.10. The molecule has 1 aromatic carbocycles. The van der Waals surface area contributed by atoms with E-state index >= 15 is 0 Å². The molecule has 0 saturated heterocycles. The van der Waals surface area contributed by atoms with Crippen LogP contribution in [0.1, 0.15) is 25.5 Å². The molecule has 1 rings (SSSR count). The van der Waals surface area contributed by atoms with Crippen molar-refractivity contribution in [2.75, 3.05) is 6.61 Å². The first kappa shape index (κ1) is 15.5. The summed E-state index contributed by atoms with van der Waals surface area (Å²) < 4.78 is 4.79. The van der Waals surface area contributed by atoms with E-state index in [1.54, 1.807) is 50.3 Å². The molecule has 19 heavy (non-hydrogen) atoms. The van der Waals surface area contributed by atoms with Gasteiger partial charge in [-0.05, 0) is 43.2 Å². The van der Waals surface area contributed by atoms with Gasteiger partial charge in [0.1, 0.15) is 6.10 Å². The van der Waals surface area contributed by atoms with Gasteiger partial charge in [0.25, 0.3) is 0 Å². The summed E-state index contributed by atoms with van der Waals surface area (Å²) in [7, 11) is 0. The SMILES string of the molecule is C/C=C(\C=C\C(=O)OCC)C(O)c1ccc(Cl)cc1. The number of hydrogen-bond acceptors (Lipinski definition) is 3. The summed E-state index contributed by atoms with van der Waals surface area (Å²) in [6, 6.07) is 6.91. The van der Waals surface area contributed by atoms with Gasteiger partial charge in [0, 0.05) is 11.1 Å². The number of carbonyl (C=O) groups excluding carboxylic acids is 1. The molecular weight excluding hydrogens is 264 g/mol. The Morgan fingerprint density at radius 2 is 2.00 bits per heavy atom. The molecular formula is C15H17ClO3. The molecule has 4 heteroatoms. The van der Waals surface area contributed by atoms with Gasteiger partial charge in [0.05, 0.1) is 6.61 Å². The molecule has 3 nitrogen and oxygen atoms in total. The van der Waals surface area contributed by atoms with Crippen molar-refractivity contribution < 1.29 is 14.6 Å². The van der Waals surface area contributed by atoms with Crippen molar-refractivity contribution in [3.05, 3.63) is 58.7 Å². The predicted octanol–water partition coefficient (Wildman–Crippen LogP) is 3.44. The number of benzene rings is 1. The summed E-state index contributed by atoms with van der Waals surface area (Å²) in [5.41, 5.74) is 1.33. The van der Waals surface area contributed by atoms with Crippen LogP contribution in [0.15, 0.2) is 48.1 Å². The van der Waals surface area contributed by atoms with Crippen molar-refractivity contribution in [1.29, 1.82) is 0 Å². The first-order chi connectivity index (χ1) is 9.08. The highest BCUT2D eigenvalue weighted by atomic mass is 35.5. The third kappa shape index (κ3) is 4.89. The van der Waals surface area contributed by atoms with Crippen LogP contribution in [0.25, 0.3) is 0 Å². The van der Waals surface area contributed by atoms with E-state index in [1.807, 2.05) is 0 Å². The Morgan fingerprint density at radius 3 is 2.53 bits per heavy atom. The second-order valence-electron chi connectivity index (χ2n) is 3.83. The van der Waals surface area contributed by atoms with Crippen molar-refractivity contribution >= 4 is 17.6 Å². The maximum absolute atomic E-state index is 11.2. The first-order valence-electron chi connectivity index (χ1n) is 6.03. The van der Waals surface area contributed by atoms with E-state index in [2.05, 4.69) is 0 Å². The molecule has 0 bridgehead atoms. The van der Waals surface area contributed by atoms with E-state index < -0.39 is 12.1 Å². The Balaban J connectivity index is 2.80. The second kappa shape index (κ2) is 7.77. The number of esters is 1. The molecule has 0 aliphatic carbocycles.